The number of likely N-dealkylation sites (N-methyl/N-ethyl adjacent to an activating group) is 1. The predicted molar refractivity (Wildman–Crippen MR) is 88.4 cm³/mol. The van der Waals surface area contributed by atoms with Crippen molar-refractivity contribution >= 4 is 5.69 Å². The molecule has 5 rings (SSSR count). The summed E-state index contributed by atoms with van der Waals surface area (Å²) in [5.74, 6) is 3.61. The van der Waals surface area contributed by atoms with Crippen molar-refractivity contribution in [3.8, 4) is 0 Å². The largest absolute Gasteiger partial charge is 0.367 e. The maximum Gasteiger partial charge on any atom is 0.0577 e. The van der Waals surface area contributed by atoms with Crippen molar-refractivity contribution < 1.29 is 0 Å². The van der Waals surface area contributed by atoms with Gasteiger partial charge in [0.15, 0.2) is 0 Å². The Bertz CT molecular complexity index is 508. The van der Waals surface area contributed by atoms with Crippen LogP contribution in [0.1, 0.15) is 37.7 Å². The summed E-state index contributed by atoms with van der Waals surface area (Å²) in [5.41, 5.74) is 9.40. The lowest BCUT2D eigenvalue weighted by Gasteiger charge is -2.64. The lowest BCUT2D eigenvalue weighted by Crippen LogP contribution is -2.68. The molecule has 0 amide bonds. The van der Waals surface area contributed by atoms with E-state index in [9.17, 15) is 0 Å². The van der Waals surface area contributed by atoms with Crippen LogP contribution < -0.4 is 10.6 Å². The van der Waals surface area contributed by atoms with Gasteiger partial charge < -0.3 is 10.6 Å². The molecule has 2 nitrogen and oxygen atoms in total. The van der Waals surface area contributed by atoms with E-state index >= 15 is 0 Å². The van der Waals surface area contributed by atoms with Crippen LogP contribution in [0.3, 0.4) is 0 Å². The van der Waals surface area contributed by atoms with Crippen molar-refractivity contribution in [2.75, 3.05) is 18.5 Å². The summed E-state index contributed by atoms with van der Waals surface area (Å²) in [4.78, 5) is 2.58. The normalized spacial score (nSPS) is 40.5. The Labute approximate surface area is 128 Å². The number of benzene rings is 1. The highest BCUT2D eigenvalue weighted by molar-refractivity contribution is 5.55. The fraction of sp³-hybridized carbons (Fsp3) is 0.684. The zero-order valence-corrected chi connectivity index (χ0v) is 13.4. The third-order valence-electron chi connectivity index (χ3n) is 6.98. The molecule has 0 atom stereocenters. The molecular formula is C19H28N2. The molecule has 1 aromatic carbocycles. The number of hydrogen-bond donors (Lipinski definition) is 1. The van der Waals surface area contributed by atoms with Gasteiger partial charge in [0.2, 0.25) is 0 Å². The number of anilines is 1. The molecule has 4 aliphatic rings. The van der Waals surface area contributed by atoms with Crippen LogP contribution in [-0.2, 0) is 0 Å². The number of rotatable bonds is 3. The molecule has 21 heavy (non-hydrogen) atoms. The molecule has 4 fully saturated rings. The van der Waals surface area contributed by atoms with Crippen LogP contribution in [0.2, 0.25) is 0 Å². The standard InChI is InChI=1S/C19H28N2/c1-13-5-3-4-6-18(13)21(2)19(12-20)16-8-14-7-15(10-16)11-17(19)9-14/h3-6,14-17H,7-12,20H2,1-2H3. The molecule has 4 bridgehead atoms. The topological polar surface area (TPSA) is 29.3 Å². The molecule has 1 aromatic rings. The van der Waals surface area contributed by atoms with Crippen LogP contribution in [0.15, 0.2) is 24.3 Å². The molecule has 0 heterocycles. The third-order valence-corrected chi connectivity index (χ3v) is 6.98. The van der Waals surface area contributed by atoms with E-state index in [1.165, 1.54) is 43.4 Å². The first-order valence-electron chi connectivity index (χ1n) is 8.64. The van der Waals surface area contributed by atoms with Crippen LogP contribution in [0.5, 0.6) is 0 Å². The zero-order valence-electron chi connectivity index (χ0n) is 13.4. The Morgan fingerprint density at radius 3 is 2.14 bits per heavy atom. The van der Waals surface area contributed by atoms with Gasteiger partial charge >= 0.3 is 0 Å². The molecular weight excluding hydrogens is 256 g/mol. The van der Waals surface area contributed by atoms with Crippen LogP contribution >= 0.6 is 0 Å². The van der Waals surface area contributed by atoms with Gasteiger partial charge in [0, 0.05) is 19.3 Å². The summed E-state index contributed by atoms with van der Waals surface area (Å²) < 4.78 is 0. The number of aryl methyl sites for hydroxylation is 1. The molecule has 0 unspecified atom stereocenters. The first kappa shape index (κ1) is 13.6. The Kier molecular flexibility index (Phi) is 3.08. The lowest BCUT2D eigenvalue weighted by atomic mass is 9.48. The fourth-order valence-corrected chi connectivity index (χ4v) is 6.18. The van der Waals surface area contributed by atoms with E-state index < -0.39 is 0 Å². The van der Waals surface area contributed by atoms with Crippen molar-refractivity contribution in [1.82, 2.24) is 0 Å². The van der Waals surface area contributed by atoms with E-state index in [0.717, 1.165) is 30.2 Å². The van der Waals surface area contributed by atoms with E-state index in [4.69, 9.17) is 5.73 Å². The molecule has 0 spiro atoms. The predicted octanol–water partition coefficient (Wildman–Crippen LogP) is 3.58. The summed E-state index contributed by atoms with van der Waals surface area (Å²) in [7, 11) is 2.30. The summed E-state index contributed by atoms with van der Waals surface area (Å²) in [6, 6.07) is 8.81. The Morgan fingerprint density at radius 1 is 1.05 bits per heavy atom. The van der Waals surface area contributed by atoms with E-state index in [2.05, 4.69) is 43.1 Å². The molecule has 2 N–H and O–H groups in total. The van der Waals surface area contributed by atoms with Gasteiger partial charge in [0.05, 0.1) is 5.54 Å². The second-order valence-corrected chi connectivity index (χ2v) is 7.85. The second-order valence-electron chi connectivity index (χ2n) is 7.85. The van der Waals surface area contributed by atoms with E-state index in [0.29, 0.717) is 0 Å². The smallest absolute Gasteiger partial charge is 0.0577 e. The quantitative estimate of drug-likeness (QED) is 0.919. The Hall–Kier alpha value is -1.02. The minimum Gasteiger partial charge on any atom is -0.367 e. The molecule has 4 saturated carbocycles. The minimum absolute atomic E-state index is 0.208. The fourth-order valence-electron chi connectivity index (χ4n) is 6.18. The lowest BCUT2D eigenvalue weighted by molar-refractivity contribution is -0.0526. The highest BCUT2D eigenvalue weighted by Crippen LogP contribution is 2.60. The number of para-hydroxylation sites is 1. The maximum atomic E-state index is 6.44. The third kappa shape index (κ3) is 1.81. The first-order chi connectivity index (χ1) is 10.1. The van der Waals surface area contributed by atoms with Crippen LogP contribution in [0.25, 0.3) is 0 Å². The van der Waals surface area contributed by atoms with E-state index in [1.54, 1.807) is 0 Å². The van der Waals surface area contributed by atoms with Gasteiger partial charge in [-0.2, -0.15) is 0 Å². The maximum absolute atomic E-state index is 6.44. The van der Waals surface area contributed by atoms with Gasteiger partial charge in [-0.25, -0.2) is 0 Å². The van der Waals surface area contributed by atoms with Gasteiger partial charge in [-0.1, -0.05) is 18.2 Å². The first-order valence-corrected chi connectivity index (χ1v) is 8.64. The SMILES string of the molecule is Cc1ccccc1N(C)C1(CN)C2CC3CC(C2)CC1C3. The summed E-state index contributed by atoms with van der Waals surface area (Å²) in [5, 5.41) is 0. The highest BCUT2D eigenvalue weighted by atomic mass is 15.2. The van der Waals surface area contributed by atoms with Crippen molar-refractivity contribution in [3.05, 3.63) is 29.8 Å². The Morgan fingerprint density at radius 2 is 1.62 bits per heavy atom. The van der Waals surface area contributed by atoms with Crippen LogP contribution in [0, 0.1) is 30.6 Å². The monoisotopic (exact) mass is 284 g/mol. The molecule has 0 aliphatic heterocycles. The van der Waals surface area contributed by atoms with E-state index in [-0.39, 0.29) is 5.54 Å². The molecule has 4 aliphatic carbocycles. The molecule has 0 saturated heterocycles. The van der Waals surface area contributed by atoms with Crippen LogP contribution in [0.4, 0.5) is 5.69 Å². The second kappa shape index (κ2) is 4.74. The molecule has 2 heteroatoms. The number of nitrogens with zero attached hydrogens (tertiary/aromatic N) is 1. The summed E-state index contributed by atoms with van der Waals surface area (Å²) >= 11 is 0. The van der Waals surface area contributed by atoms with Crippen LogP contribution in [-0.4, -0.2) is 19.1 Å². The van der Waals surface area contributed by atoms with Crippen molar-refractivity contribution in [2.24, 2.45) is 29.4 Å². The number of hydrogen-bond acceptors (Lipinski definition) is 2. The highest BCUT2D eigenvalue weighted by Gasteiger charge is 2.58. The van der Waals surface area contributed by atoms with Gasteiger partial charge in [-0.3, -0.25) is 0 Å². The summed E-state index contributed by atoms with van der Waals surface area (Å²) in [6.45, 7) is 3.04. The van der Waals surface area contributed by atoms with Crippen molar-refractivity contribution in [3.63, 3.8) is 0 Å². The zero-order chi connectivity index (χ0) is 14.6. The van der Waals surface area contributed by atoms with Gasteiger partial charge in [0.1, 0.15) is 0 Å². The minimum atomic E-state index is 0.208. The molecule has 0 radical (unpaired) electrons. The van der Waals surface area contributed by atoms with Crippen molar-refractivity contribution in [2.45, 2.75) is 44.6 Å². The average Bonchev–Trinajstić information content (AvgIpc) is 2.47. The van der Waals surface area contributed by atoms with Gasteiger partial charge in [-0.15, -0.1) is 0 Å². The molecule has 114 valence electrons. The Balaban J connectivity index is 1.75. The number of nitrogens with two attached hydrogens (primary N) is 1. The molecule has 0 aromatic heterocycles. The van der Waals surface area contributed by atoms with Gasteiger partial charge in [0.25, 0.3) is 0 Å². The van der Waals surface area contributed by atoms with E-state index in [1.807, 2.05) is 0 Å². The summed E-state index contributed by atoms with van der Waals surface area (Å²) in [6.07, 6.45) is 7.17. The van der Waals surface area contributed by atoms with Gasteiger partial charge in [-0.05, 0) is 74.3 Å². The van der Waals surface area contributed by atoms with Crippen molar-refractivity contribution in [1.29, 1.82) is 0 Å². The average molecular weight is 284 g/mol.